The van der Waals surface area contributed by atoms with Crippen molar-refractivity contribution in [3.05, 3.63) is 119 Å². The molecule has 0 radical (unpaired) electrons. The summed E-state index contributed by atoms with van der Waals surface area (Å²) < 4.78 is 34.0. The van der Waals surface area contributed by atoms with E-state index < -0.39 is 11.6 Å². The number of carbonyl (C=O) groups excluding carboxylic acids is 1. The van der Waals surface area contributed by atoms with E-state index in [4.69, 9.17) is 9.72 Å². The van der Waals surface area contributed by atoms with Crippen molar-refractivity contribution in [3.63, 3.8) is 0 Å². The van der Waals surface area contributed by atoms with Crippen molar-refractivity contribution in [1.82, 2.24) is 9.97 Å². The average Bonchev–Trinajstić information content (AvgIpc) is 2.87. The maximum Gasteiger partial charge on any atom is 0.355 e. The zero-order chi connectivity index (χ0) is 27.3. The summed E-state index contributed by atoms with van der Waals surface area (Å²) in [6, 6.07) is 20.5. The number of nitrogens with zero attached hydrogens (tertiary/aromatic N) is 2. The predicted octanol–water partition coefficient (Wildman–Crippen LogP) is 7.12. The largest absolute Gasteiger partial charge is 0.455 e. The van der Waals surface area contributed by atoms with Gasteiger partial charge in [-0.3, -0.25) is 0 Å². The molecule has 0 fully saturated rings. The van der Waals surface area contributed by atoms with E-state index in [-0.39, 0.29) is 17.3 Å². The van der Waals surface area contributed by atoms with Gasteiger partial charge in [-0.05, 0) is 68.7 Å². The molecule has 1 aromatic heterocycles. The molecule has 194 valence electrons. The molecule has 0 saturated heterocycles. The van der Waals surface area contributed by atoms with Gasteiger partial charge in [-0.25, -0.2) is 23.5 Å². The molecular formula is C31H29F2N3O2. The number of aromatic nitrogens is 2. The first-order valence-corrected chi connectivity index (χ1v) is 12.2. The molecule has 0 amide bonds. The van der Waals surface area contributed by atoms with Crippen LogP contribution in [0.1, 0.15) is 43.2 Å². The van der Waals surface area contributed by atoms with Crippen molar-refractivity contribution < 1.29 is 18.3 Å². The number of carbonyl (C=O) groups is 1. The maximum absolute atomic E-state index is 14.9. The minimum atomic E-state index is -0.744. The lowest BCUT2D eigenvalue weighted by Crippen LogP contribution is -2.27. The van der Waals surface area contributed by atoms with Crippen LogP contribution in [0.15, 0.2) is 84.7 Å². The second kappa shape index (κ2) is 11.3. The fourth-order valence-electron chi connectivity index (χ4n) is 3.75. The van der Waals surface area contributed by atoms with E-state index in [9.17, 15) is 13.6 Å². The molecule has 3 aromatic carbocycles. The van der Waals surface area contributed by atoms with Gasteiger partial charge >= 0.3 is 5.97 Å². The van der Waals surface area contributed by atoms with E-state index in [0.717, 1.165) is 5.56 Å². The molecule has 1 N–H and O–H groups in total. The van der Waals surface area contributed by atoms with E-state index in [1.54, 1.807) is 64.1 Å². The van der Waals surface area contributed by atoms with Gasteiger partial charge in [0, 0.05) is 12.0 Å². The molecule has 0 saturated carbocycles. The molecule has 5 nitrogen and oxygen atoms in total. The van der Waals surface area contributed by atoms with Crippen molar-refractivity contribution in [2.75, 3.05) is 5.32 Å². The molecule has 0 bridgehead atoms. The topological polar surface area (TPSA) is 64.1 Å². The Labute approximate surface area is 221 Å². The second-order valence-corrected chi connectivity index (χ2v) is 9.89. The van der Waals surface area contributed by atoms with Gasteiger partial charge in [-0.15, -0.1) is 0 Å². The van der Waals surface area contributed by atoms with E-state index in [1.807, 2.05) is 30.3 Å². The molecule has 7 heteroatoms. The zero-order valence-electron chi connectivity index (χ0n) is 21.8. The smallest absolute Gasteiger partial charge is 0.355 e. The number of rotatable bonds is 7. The van der Waals surface area contributed by atoms with Gasteiger partial charge in [0.1, 0.15) is 22.9 Å². The molecule has 0 aliphatic heterocycles. The SMILES string of the molecule is Cc1cccc(-c2cnc(N/C(=C\c3ccc(F)cc3)C(=O)OC(C)(C)C)c(Cc3ccccc3)n2)c1F. The Morgan fingerprint density at radius 2 is 1.68 bits per heavy atom. The maximum atomic E-state index is 14.9. The lowest BCUT2D eigenvalue weighted by molar-refractivity contribution is -0.149. The molecule has 1 heterocycles. The van der Waals surface area contributed by atoms with E-state index in [2.05, 4.69) is 10.3 Å². The minimum Gasteiger partial charge on any atom is -0.455 e. The number of aryl methyl sites for hydroxylation is 1. The van der Waals surface area contributed by atoms with Gasteiger partial charge in [-0.1, -0.05) is 54.6 Å². The zero-order valence-corrected chi connectivity index (χ0v) is 21.8. The predicted molar refractivity (Wildman–Crippen MR) is 145 cm³/mol. The third-order valence-electron chi connectivity index (χ3n) is 5.58. The molecule has 0 unspecified atom stereocenters. The van der Waals surface area contributed by atoms with Crippen LogP contribution in [0.5, 0.6) is 0 Å². The molecule has 4 aromatic rings. The highest BCUT2D eigenvalue weighted by atomic mass is 19.1. The number of halogens is 2. The lowest BCUT2D eigenvalue weighted by atomic mass is 10.1. The number of hydrogen-bond acceptors (Lipinski definition) is 5. The van der Waals surface area contributed by atoms with Crippen molar-refractivity contribution in [3.8, 4) is 11.3 Å². The van der Waals surface area contributed by atoms with Crippen molar-refractivity contribution >= 4 is 17.9 Å². The van der Waals surface area contributed by atoms with Crippen molar-refractivity contribution in [2.24, 2.45) is 0 Å². The summed E-state index contributed by atoms with van der Waals surface area (Å²) in [5.41, 5.74) is 2.66. The lowest BCUT2D eigenvalue weighted by Gasteiger charge is -2.21. The monoisotopic (exact) mass is 513 g/mol. The Morgan fingerprint density at radius 3 is 2.37 bits per heavy atom. The second-order valence-electron chi connectivity index (χ2n) is 9.89. The van der Waals surface area contributed by atoms with Crippen LogP contribution >= 0.6 is 0 Å². The van der Waals surface area contributed by atoms with Crippen LogP contribution in [0.25, 0.3) is 17.3 Å². The van der Waals surface area contributed by atoms with Crippen LogP contribution < -0.4 is 5.32 Å². The Bertz CT molecular complexity index is 1460. The van der Waals surface area contributed by atoms with E-state index in [1.165, 1.54) is 18.3 Å². The van der Waals surface area contributed by atoms with E-state index in [0.29, 0.717) is 40.3 Å². The van der Waals surface area contributed by atoms with Gasteiger partial charge in [0.15, 0.2) is 5.82 Å². The summed E-state index contributed by atoms with van der Waals surface area (Å²) in [6.07, 6.45) is 3.42. The number of hydrogen-bond donors (Lipinski definition) is 1. The Balaban J connectivity index is 1.79. The molecule has 4 rings (SSSR count). The Morgan fingerprint density at radius 1 is 0.974 bits per heavy atom. The highest BCUT2D eigenvalue weighted by Crippen LogP contribution is 2.27. The van der Waals surface area contributed by atoms with Crippen molar-refractivity contribution in [2.45, 2.75) is 39.7 Å². The molecule has 0 aliphatic rings. The molecule has 0 aliphatic carbocycles. The van der Waals surface area contributed by atoms with Crippen LogP contribution in [0.2, 0.25) is 0 Å². The first kappa shape index (κ1) is 26.7. The summed E-state index contributed by atoms with van der Waals surface area (Å²) in [5, 5.41) is 3.08. The first-order chi connectivity index (χ1) is 18.1. The van der Waals surface area contributed by atoms with Crippen molar-refractivity contribution in [1.29, 1.82) is 0 Å². The fourth-order valence-corrected chi connectivity index (χ4v) is 3.75. The van der Waals surface area contributed by atoms with Gasteiger partial charge in [0.05, 0.1) is 17.6 Å². The minimum absolute atomic E-state index is 0.102. The summed E-state index contributed by atoms with van der Waals surface area (Å²) in [5.74, 6) is -1.03. The van der Waals surface area contributed by atoms with Crippen LogP contribution in [0, 0.1) is 18.6 Å². The molecule has 0 atom stereocenters. The Kier molecular flexibility index (Phi) is 7.96. The number of nitrogens with one attached hydrogen (secondary N) is 1. The summed E-state index contributed by atoms with van der Waals surface area (Å²) in [7, 11) is 0. The quantitative estimate of drug-likeness (QED) is 0.211. The van der Waals surface area contributed by atoms with E-state index >= 15 is 0 Å². The summed E-state index contributed by atoms with van der Waals surface area (Å²) >= 11 is 0. The molecule has 0 spiro atoms. The normalized spacial score (nSPS) is 11.8. The average molecular weight is 514 g/mol. The standard InChI is InChI=1S/C31H29F2N3O2/c1-20-9-8-12-24(28(20)33)27-19-34-29(25(35-27)17-21-10-6-5-7-11-21)36-26(30(37)38-31(2,3)4)18-22-13-15-23(32)16-14-22/h5-16,18-19H,17H2,1-4H3,(H,34,36)/b26-18-. The first-order valence-electron chi connectivity index (χ1n) is 12.2. The van der Waals surface area contributed by atoms with Crippen LogP contribution in [0.4, 0.5) is 14.6 Å². The Hall–Kier alpha value is -4.39. The van der Waals surface area contributed by atoms with Crippen LogP contribution in [-0.4, -0.2) is 21.5 Å². The summed E-state index contributed by atoms with van der Waals surface area (Å²) in [4.78, 5) is 22.4. The van der Waals surface area contributed by atoms with Gasteiger partial charge in [0.2, 0.25) is 0 Å². The number of anilines is 1. The highest BCUT2D eigenvalue weighted by molar-refractivity contribution is 5.97. The molecular weight excluding hydrogens is 484 g/mol. The number of benzene rings is 3. The molecule has 38 heavy (non-hydrogen) atoms. The van der Waals surface area contributed by atoms with Gasteiger partial charge < -0.3 is 10.1 Å². The number of esters is 1. The fraction of sp³-hybridized carbons (Fsp3) is 0.194. The van der Waals surface area contributed by atoms with Gasteiger partial charge in [-0.2, -0.15) is 0 Å². The highest BCUT2D eigenvalue weighted by Gasteiger charge is 2.22. The number of ether oxygens (including phenoxy) is 1. The third kappa shape index (κ3) is 6.88. The third-order valence-corrected chi connectivity index (χ3v) is 5.58. The van der Waals surface area contributed by atoms with Crippen LogP contribution in [-0.2, 0) is 16.0 Å². The summed E-state index contributed by atoms with van der Waals surface area (Å²) in [6.45, 7) is 7.01. The van der Waals surface area contributed by atoms with Gasteiger partial charge in [0.25, 0.3) is 0 Å². The van der Waals surface area contributed by atoms with Crippen LogP contribution in [0.3, 0.4) is 0 Å².